The molecule has 3 aromatic rings. The Bertz CT molecular complexity index is 754. The summed E-state index contributed by atoms with van der Waals surface area (Å²) >= 11 is 1.47. The van der Waals surface area contributed by atoms with Crippen molar-refractivity contribution in [2.75, 3.05) is 5.32 Å². The predicted molar refractivity (Wildman–Crippen MR) is 80.0 cm³/mol. The fraction of sp³-hybridized carbons (Fsp3) is 0.133. The van der Waals surface area contributed by atoms with Gasteiger partial charge in [-0.25, -0.2) is 0 Å². The zero-order valence-corrected chi connectivity index (χ0v) is 11.6. The molecule has 3 nitrogen and oxygen atoms in total. The molecule has 19 heavy (non-hydrogen) atoms. The van der Waals surface area contributed by atoms with E-state index in [0.717, 1.165) is 32.7 Å². The molecular formula is C15H14N2OS. The molecule has 4 heteroatoms. The Hall–Kier alpha value is -2.07. The third-order valence-electron chi connectivity index (χ3n) is 3.08. The first-order chi connectivity index (χ1) is 9.13. The van der Waals surface area contributed by atoms with Gasteiger partial charge in [0, 0.05) is 22.3 Å². The van der Waals surface area contributed by atoms with Crippen molar-refractivity contribution in [3.05, 3.63) is 51.8 Å². The van der Waals surface area contributed by atoms with Crippen molar-refractivity contribution in [1.82, 2.24) is 4.98 Å². The molecular weight excluding hydrogens is 256 g/mol. The van der Waals surface area contributed by atoms with Gasteiger partial charge in [0.05, 0.1) is 4.88 Å². The van der Waals surface area contributed by atoms with Gasteiger partial charge in [-0.2, -0.15) is 0 Å². The lowest BCUT2D eigenvalue weighted by Crippen LogP contribution is -2.11. The minimum Gasteiger partial charge on any atom is -0.359 e. The average molecular weight is 270 g/mol. The zero-order valence-electron chi connectivity index (χ0n) is 10.8. The number of hydrogen-bond acceptors (Lipinski definition) is 2. The van der Waals surface area contributed by atoms with Gasteiger partial charge < -0.3 is 10.3 Å². The molecule has 0 aliphatic heterocycles. The van der Waals surface area contributed by atoms with Crippen LogP contribution in [0.25, 0.3) is 10.9 Å². The number of benzene rings is 1. The normalized spacial score (nSPS) is 10.8. The number of aromatic nitrogens is 1. The lowest BCUT2D eigenvalue weighted by atomic mass is 10.2. The standard InChI is InChI=1S/C15H14N2OS/c1-9-5-6-19-14(9)15(18)17-12-3-4-13-11(8-12)7-10(2)16-13/h3-8,16H,1-2H3,(H,17,18). The minimum atomic E-state index is -0.0425. The number of amides is 1. The van der Waals surface area contributed by atoms with E-state index in [-0.39, 0.29) is 5.91 Å². The van der Waals surface area contributed by atoms with Crippen molar-refractivity contribution >= 4 is 33.8 Å². The summed E-state index contributed by atoms with van der Waals surface area (Å²) in [5.41, 5.74) is 4.04. The summed E-state index contributed by atoms with van der Waals surface area (Å²) in [6.07, 6.45) is 0. The molecule has 0 atom stereocenters. The number of aryl methyl sites for hydroxylation is 2. The van der Waals surface area contributed by atoms with E-state index < -0.39 is 0 Å². The van der Waals surface area contributed by atoms with Gasteiger partial charge in [0.1, 0.15) is 0 Å². The number of carbonyl (C=O) groups is 1. The molecule has 96 valence electrons. The van der Waals surface area contributed by atoms with Crippen molar-refractivity contribution in [3.8, 4) is 0 Å². The molecule has 0 saturated carbocycles. The first-order valence-electron chi connectivity index (χ1n) is 6.08. The van der Waals surface area contributed by atoms with E-state index in [0.29, 0.717) is 0 Å². The summed E-state index contributed by atoms with van der Waals surface area (Å²) in [6, 6.07) is 9.91. The average Bonchev–Trinajstić information content (AvgIpc) is 2.93. The summed E-state index contributed by atoms with van der Waals surface area (Å²) < 4.78 is 0. The number of H-pyrrole nitrogens is 1. The summed E-state index contributed by atoms with van der Waals surface area (Å²) in [6.45, 7) is 3.97. The Kier molecular flexibility index (Phi) is 2.87. The van der Waals surface area contributed by atoms with Crippen LogP contribution >= 0.6 is 11.3 Å². The van der Waals surface area contributed by atoms with Crippen LogP contribution in [0.5, 0.6) is 0 Å². The molecule has 0 radical (unpaired) electrons. The van der Waals surface area contributed by atoms with Gasteiger partial charge in [0.2, 0.25) is 0 Å². The smallest absolute Gasteiger partial charge is 0.265 e. The summed E-state index contributed by atoms with van der Waals surface area (Å²) in [5, 5.41) is 5.99. The van der Waals surface area contributed by atoms with E-state index in [2.05, 4.69) is 16.4 Å². The summed E-state index contributed by atoms with van der Waals surface area (Å²) in [4.78, 5) is 16.2. The second kappa shape index (κ2) is 4.55. The number of aromatic amines is 1. The lowest BCUT2D eigenvalue weighted by molar-refractivity contribution is 0.103. The topological polar surface area (TPSA) is 44.9 Å². The number of anilines is 1. The van der Waals surface area contributed by atoms with Crippen molar-refractivity contribution < 1.29 is 4.79 Å². The first kappa shape index (κ1) is 12.0. The van der Waals surface area contributed by atoms with Gasteiger partial charge >= 0.3 is 0 Å². The maximum atomic E-state index is 12.1. The molecule has 1 aromatic carbocycles. The van der Waals surface area contributed by atoms with E-state index in [1.807, 2.05) is 43.5 Å². The number of hydrogen-bond donors (Lipinski definition) is 2. The monoisotopic (exact) mass is 270 g/mol. The van der Waals surface area contributed by atoms with Gasteiger partial charge in [-0.1, -0.05) is 0 Å². The van der Waals surface area contributed by atoms with Crippen LogP contribution in [0.15, 0.2) is 35.7 Å². The van der Waals surface area contributed by atoms with Gasteiger partial charge in [0.15, 0.2) is 0 Å². The third kappa shape index (κ3) is 2.27. The van der Waals surface area contributed by atoms with Crippen molar-refractivity contribution in [3.63, 3.8) is 0 Å². The number of nitrogens with one attached hydrogen (secondary N) is 2. The molecule has 0 bridgehead atoms. The number of fused-ring (bicyclic) bond motifs is 1. The Morgan fingerprint density at radius 1 is 1.21 bits per heavy atom. The van der Waals surface area contributed by atoms with Crippen molar-refractivity contribution in [2.24, 2.45) is 0 Å². The van der Waals surface area contributed by atoms with Crippen LogP contribution in [-0.4, -0.2) is 10.9 Å². The van der Waals surface area contributed by atoms with Gasteiger partial charge in [-0.3, -0.25) is 4.79 Å². The molecule has 0 aliphatic rings. The van der Waals surface area contributed by atoms with Crippen LogP contribution in [0.1, 0.15) is 20.9 Å². The van der Waals surface area contributed by atoms with Crippen molar-refractivity contribution in [1.29, 1.82) is 0 Å². The highest BCUT2D eigenvalue weighted by atomic mass is 32.1. The highest BCUT2D eigenvalue weighted by Crippen LogP contribution is 2.22. The molecule has 0 aliphatic carbocycles. The quantitative estimate of drug-likeness (QED) is 0.723. The predicted octanol–water partition coefficient (Wildman–Crippen LogP) is 4.10. The van der Waals surface area contributed by atoms with Crippen LogP contribution in [-0.2, 0) is 0 Å². The van der Waals surface area contributed by atoms with Gasteiger partial charge in [-0.15, -0.1) is 11.3 Å². The van der Waals surface area contributed by atoms with Gasteiger partial charge in [0.25, 0.3) is 5.91 Å². The number of thiophene rings is 1. The van der Waals surface area contributed by atoms with Crippen LogP contribution in [0.2, 0.25) is 0 Å². The van der Waals surface area contributed by atoms with E-state index >= 15 is 0 Å². The third-order valence-corrected chi connectivity index (χ3v) is 4.10. The van der Waals surface area contributed by atoms with Crippen LogP contribution < -0.4 is 5.32 Å². The van der Waals surface area contributed by atoms with E-state index in [9.17, 15) is 4.79 Å². The first-order valence-corrected chi connectivity index (χ1v) is 6.96. The fourth-order valence-corrected chi connectivity index (χ4v) is 2.97. The highest BCUT2D eigenvalue weighted by molar-refractivity contribution is 7.12. The van der Waals surface area contributed by atoms with Crippen LogP contribution in [0.3, 0.4) is 0 Å². The summed E-state index contributed by atoms with van der Waals surface area (Å²) in [5.74, 6) is -0.0425. The Morgan fingerprint density at radius 3 is 2.79 bits per heavy atom. The Balaban J connectivity index is 1.89. The van der Waals surface area contributed by atoms with E-state index in [1.54, 1.807) is 0 Å². The molecule has 0 saturated heterocycles. The Labute approximate surface area is 115 Å². The number of carbonyl (C=O) groups excluding carboxylic acids is 1. The number of rotatable bonds is 2. The SMILES string of the molecule is Cc1cc2cc(NC(=O)c3sccc3C)ccc2[nH]1. The summed E-state index contributed by atoms with van der Waals surface area (Å²) in [7, 11) is 0. The minimum absolute atomic E-state index is 0.0425. The second-order valence-electron chi connectivity index (χ2n) is 4.64. The molecule has 0 spiro atoms. The Morgan fingerprint density at radius 2 is 2.05 bits per heavy atom. The van der Waals surface area contributed by atoms with Crippen molar-refractivity contribution in [2.45, 2.75) is 13.8 Å². The van der Waals surface area contributed by atoms with Crippen LogP contribution in [0, 0.1) is 13.8 Å². The molecule has 3 rings (SSSR count). The largest absolute Gasteiger partial charge is 0.359 e. The molecule has 2 aromatic heterocycles. The molecule has 0 fully saturated rings. The van der Waals surface area contributed by atoms with E-state index in [4.69, 9.17) is 0 Å². The highest BCUT2D eigenvalue weighted by Gasteiger charge is 2.10. The molecule has 2 N–H and O–H groups in total. The lowest BCUT2D eigenvalue weighted by Gasteiger charge is -2.04. The zero-order chi connectivity index (χ0) is 13.4. The maximum Gasteiger partial charge on any atom is 0.265 e. The fourth-order valence-electron chi connectivity index (χ4n) is 2.15. The molecule has 1 amide bonds. The molecule has 2 heterocycles. The van der Waals surface area contributed by atoms with Gasteiger partial charge in [-0.05, 0) is 55.1 Å². The second-order valence-corrected chi connectivity index (χ2v) is 5.56. The molecule has 0 unspecified atom stereocenters. The maximum absolute atomic E-state index is 12.1. The van der Waals surface area contributed by atoms with E-state index in [1.165, 1.54) is 11.3 Å². The van der Waals surface area contributed by atoms with Crippen LogP contribution in [0.4, 0.5) is 5.69 Å².